The molecular weight excluding hydrogens is 164 g/mol. The number of carbonyl (C=O) groups excluding carboxylic acids is 1. The molecule has 0 aliphatic heterocycles. The predicted molar refractivity (Wildman–Crippen MR) is 49.4 cm³/mol. The van der Waals surface area contributed by atoms with Gasteiger partial charge in [0.05, 0.1) is 6.42 Å². The average Bonchev–Trinajstić information content (AvgIpc) is 2.86. The van der Waals surface area contributed by atoms with Crippen molar-refractivity contribution < 1.29 is 4.79 Å². The van der Waals surface area contributed by atoms with Gasteiger partial charge in [0.15, 0.2) is 0 Å². The third-order valence-electron chi connectivity index (χ3n) is 2.64. The second kappa shape index (κ2) is 3.32. The maximum Gasteiger partial charge on any atom is 0.127 e. The Kier molecular flexibility index (Phi) is 2.17. The van der Waals surface area contributed by atoms with Gasteiger partial charge in [-0.25, -0.2) is 4.98 Å². The molecule has 0 aromatic carbocycles. The Balaban J connectivity index is 2.11. The zero-order valence-electron chi connectivity index (χ0n) is 7.86. The highest BCUT2D eigenvalue weighted by atomic mass is 16.1. The summed E-state index contributed by atoms with van der Waals surface area (Å²) in [6, 6.07) is 0. The Morgan fingerprint density at radius 3 is 3.08 bits per heavy atom. The first-order chi connectivity index (χ1) is 6.31. The summed E-state index contributed by atoms with van der Waals surface area (Å²) >= 11 is 0. The molecule has 0 N–H and O–H groups in total. The number of aldehydes is 1. The minimum Gasteiger partial charge on any atom is -0.335 e. The van der Waals surface area contributed by atoms with Gasteiger partial charge in [0, 0.05) is 18.9 Å². The Labute approximate surface area is 77.8 Å². The number of hydrogen-bond acceptors (Lipinski definition) is 2. The first-order valence-electron chi connectivity index (χ1n) is 4.74. The molecule has 1 aliphatic rings. The van der Waals surface area contributed by atoms with Gasteiger partial charge in [0.1, 0.15) is 12.1 Å². The van der Waals surface area contributed by atoms with Crippen LogP contribution in [-0.4, -0.2) is 15.8 Å². The van der Waals surface area contributed by atoms with Crippen LogP contribution in [0.15, 0.2) is 6.20 Å². The second-order valence-corrected chi connectivity index (χ2v) is 3.74. The van der Waals surface area contributed by atoms with Crippen LogP contribution in [0.5, 0.6) is 0 Å². The minimum absolute atomic E-state index is 0.432. The lowest BCUT2D eigenvalue weighted by Crippen LogP contribution is -2.03. The molecular formula is C10H14N2O. The van der Waals surface area contributed by atoms with Gasteiger partial charge in [-0.2, -0.15) is 0 Å². The van der Waals surface area contributed by atoms with Crippen LogP contribution in [0.3, 0.4) is 0 Å². The highest BCUT2D eigenvalue weighted by Gasteiger charge is 2.23. The normalized spacial score (nSPS) is 16.1. The number of aromatic nitrogens is 2. The number of nitrogens with zero attached hydrogens (tertiary/aromatic N) is 2. The van der Waals surface area contributed by atoms with Crippen molar-refractivity contribution in [2.24, 2.45) is 13.0 Å². The van der Waals surface area contributed by atoms with Crippen LogP contribution in [0.2, 0.25) is 0 Å². The van der Waals surface area contributed by atoms with E-state index in [9.17, 15) is 4.79 Å². The van der Waals surface area contributed by atoms with Gasteiger partial charge < -0.3 is 9.36 Å². The molecule has 0 spiro atoms. The smallest absolute Gasteiger partial charge is 0.127 e. The molecule has 1 aromatic rings. The molecule has 0 unspecified atom stereocenters. The van der Waals surface area contributed by atoms with E-state index < -0.39 is 0 Å². The van der Waals surface area contributed by atoms with E-state index in [0.29, 0.717) is 6.42 Å². The van der Waals surface area contributed by atoms with Crippen LogP contribution < -0.4 is 0 Å². The first kappa shape index (κ1) is 8.48. The van der Waals surface area contributed by atoms with Crippen LogP contribution in [0.25, 0.3) is 0 Å². The first-order valence-corrected chi connectivity index (χ1v) is 4.74. The van der Waals surface area contributed by atoms with E-state index in [0.717, 1.165) is 24.4 Å². The molecule has 0 bridgehead atoms. The van der Waals surface area contributed by atoms with Gasteiger partial charge in [-0.15, -0.1) is 0 Å². The van der Waals surface area contributed by atoms with Crippen LogP contribution in [0.4, 0.5) is 0 Å². The number of hydrogen-bond donors (Lipinski definition) is 0. The second-order valence-electron chi connectivity index (χ2n) is 3.74. The lowest BCUT2D eigenvalue weighted by atomic mass is 10.2. The number of imidazole rings is 1. The third-order valence-corrected chi connectivity index (χ3v) is 2.64. The number of rotatable bonds is 4. The fourth-order valence-corrected chi connectivity index (χ4v) is 1.56. The average molecular weight is 178 g/mol. The zero-order chi connectivity index (χ0) is 9.26. The van der Waals surface area contributed by atoms with Gasteiger partial charge in [-0.05, 0) is 25.2 Å². The van der Waals surface area contributed by atoms with Gasteiger partial charge >= 0.3 is 0 Å². The fraction of sp³-hybridized carbons (Fsp3) is 0.600. The van der Waals surface area contributed by atoms with Crippen molar-refractivity contribution in [1.82, 2.24) is 9.55 Å². The van der Waals surface area contributed by atoms with E-state index >= 15 is 0 Å². The van der Waals surface area contributed by atoms with Crippen molar-refractivity contribution in [1.29, 1.82) is 0 Å². The molecule has 1 aliphatic carbocycles. The highest BCUT2D eigenvalue weighted by molar-refractivity contribution is 5.52. The van der Waals surface area contributed by atoms with Crippen LogP contribution in [-0.2, 0) is 24.7 Å². The topological polar surface area (TPSA) is 34.9 Å². The van der Waals surface area contributed by atoms with E-state index in [1.807, 2.05) is 17.8 Å². The molecule has 0 amide bonds. The Hall–Kier alpha value is -1.12. The number of carbonyl (C=O) groups is 1. The van der Waals surface area contributed by atoms with E-state index in [-0.39, 0.29) is 0 Å². The molecule has 1 saturated carbocycles. The molecule has 70 valence electrons. The summed E-state index contributed by atoms with van der Waals surface area (Å²) in [5.74, 6) is 1.75. The maximum atomic E-state index is 10.3. The highest BCUT2D eigenvalue weighted by Crippen LogP contribution is 2.32. The summed E-state index contributed by atoms with van der Waals surface area (Å²) in [5, 5.41) is 0. The maximum absolute atomic E-state index is 10.3. The standard InChI is InChI=1S/C10H14N2O/c1-12-9(6-8-2-3-8)7-11-10(12)4-5-13/h5,7-8H,2-4,6H2,1H3. The van der Waals surface area contributed by atoms with E-state index in [1.54, 1.807) is 0 Å². The van der Waals surface area contributed by atoms with Gasteiger partial charge in [0.25, 0.3) is 0 Å². The van der Waals surface area contributed by atoms with Gasteiger partial charge in [0.2, 0.25) is 0 Å². The molecule has 0 saturated heterocycles. The van der Waals surface area contributed by atoms with Crippen molar-refractivity contribution in [3.05, 3.63) is 17.7 Å². The molecule has 3 nitrogen and oxygen atoms in total. The van der Waals surface area contributed by atoms with E-state index in [4.69, 9.17) is 0 Å². The molecule has 13 heavy (non-hydrogen) atoms. The van der Waals surface area contributed by atoms with Crippen molar-refractivity contribution in [2.75, 3.05) is 0 Å². The Morgan fingerprint density at radius 2 is 2.46 bits per heavy atom. The minimum atomic E-state index is 0.432. The van der Waals surface area contributed by atoms with Crippen molar-refractivity contribution >= 4 is 6.29 Å². The van der Waals surface area contributed by atoms with Crippen molar-refractivity contribution in [3.8, 4) is 0 Å². The van der Waals surface area contributed by atoms with E-state index in [1.165, 1.54) is 18.5 Å². The quantitative estimate of drug-likeness (QED) is 0.647. The van der Waals surface area contributed by atoms with Crippen molar-refractivity contribution in [3.63, 3.8) is 0 Å². The third kappa shape index (κ3) is 1.79. The van der Waals surface area contributed by atoms with Crippen molar-refractivity contribution in [2.45, 2.75) is 25.7 Å². The zero-order valence-corrected chi connectivity index (χ0v) is 7.86. The largest absolute Gasteiger partial charge is 0.335 e. The summed E-state index contributed by atoms with van der Waals surface area (Å²) in [4.78, 5) is 14.5. The van der Waals surface area contributed by atoms with Gasteiger partial charge in [-0.1, -0.05) is 0 Å². The fourth-order valence-electron chi connectivity index (χ4n) is 1.56. The monoisotopic (exact) mass is 178 g/mol. The van der Waals surface area contributed by atoms with Gasteiger partial charge in [-0.3, -0.25) is 0 Å². The molecule has 0 atom stereocenters. The molecule has 1 aromatic heterocycles. The lowest BCUT2D eigenvalue weighted by Gasteiger charge is -2.02. The molecule has 0 radical (unpaired) electrons. The summed E-state index contributed by atoms with van der Waals surface area (Å²) in [7, 11) is 1.99. The van der Waals surface area contributed by atoms with Crippen LogP contribution >= 0.6 is 0 Å². The van der Waals surface area contributed by atoms with Crippen LogP contribution in [0, 0.1) is 5.92 Å². The Bertz CT molecular complexity index is 313. The van der Waals surface area contributed by atoms with E-state index in [2.05, 4.69) is 4.98 Å². The molecule has 1 heterocycles. The summed E-state index contributed by atoms with van der Waals surface area (Å²) in [5.41, 5.74) is 1.26. The summed E-state index contributed by atoms with van der Waals surface area (Å²) in [6.07, 6.45) is 7.08. The summed E-state index contributed by atoms with van der Waals surface area (Å²) in [6.45, 7) is 0. The Morgan fingerprint density at radius 1 is 1.69 bits per heavy atom. The summed E-state index contributed by atoms with van der Waals surface area (Å²) < 4.78 is 2.05. The van der Waals surface area contributed by atoms with Crippen LogP contribution in [0.1, 0.15) is 24.4 Å². The lowest BCUT2D eigenvalue weighted by molar-refractivity contribution is -0.107. The SMILES string of the molecule is Cn1c(CC2CC2)cnc1CC=O. The molecule has 2 rings (SSSR count). The molecule has 3 heteroatoms. The predicted octanol–water partition coefficient (Wildman–Crippen LogP) is 1.11. The molecule has 1 fully saturated rings.